The summed E-state index contributed by atoms with van der Waals surface area (Å²) in [5.74, 6) is 0.204. The van der Waals surface area contributed by atoms with Gasteiger partial charge in [-0.3, -0.25) is 15.0 Å². The molecule has 2 N–H and O–H groups in total. The third-order valence-corrected chi connectivity index (χ3v) is 5.15. The highest BCUT2D eigenvalue weighted by Gasteiger charge is 2.37. The minimum absolute atomic E-state index is 0.0389. The minimum Gasteiger partial charge on any atom is -0.395 e. The number of rotatable bonds is 6. The van der Waals surface area contributed by atoms with Crippen LogP contribution in [0.2, 0.25) is 0 Å². The van der Waals surface area contributed by atoms with Crippen LogP contribution in [-0.4, -0.2) is 46.3 Å². The maximum Gasteiger partial charge on any atom is 0.246 e. The van der Waals surface area contributed by atoms with Crippen molar-refractivity contribution in [3.05, 3.63) is 11.8 Å². The molecule has 0 unspecified atom stereocenters. The summed E-state index contributed by atoms with van der Waals surface area (Å²) in [5.41, 5.74) is -0.505. The van der Waals surface area contributed by atoms with E-state index in [0.717, 1.165) is 12.8 Å². The fraction of sp³-hybridized carbons (Fsp3) is 0.765. The van der Waals surface area contributed by atoms with Gasteiger partial charge in [-0.05, 0) is 33.7 Å². The van der Waals surface area contributed by atoms with Gasteiger partial charge in [-0.2, -0.15) is 0 Å². The molecule has 1 saturated carbocycles. The minimum atomic E-state index is -0.630. The Morgan fingerprint density at radius 3 is 2.57 bits per heavy atom. The summed E-state index contributed by atoms with van der Waals surface area (Å²) in [4.78, 5) is 14.8. The molecule has 1 fully saturated rings. The van der Waals surface area contributed by atoms with Crippen LogP contribution in [-0.2, 0) is 10.2 Å². The van der Waals surface area contributed by atoms with Crippen molar-refractivity contribution in [1.29, 1.82) is 0 Å². The molecule has 0 aliphatic heterocycles. The average Bonchev–Trinajstić information content (AvgIpc) is 3.17. The molecule has 0 spiro atoms. The van der Waals surface area contributed by atoms with Gasteiger partial charge in [0, 0.05) is 17.5 Å². The molecule has 0 atom stereocenters. The van der Waals surface area contributed by atoms with Crippen LogP contribution in [0.3, 0.4) is 0 Å². The molecule has 23 heavy (non-hydrogen) atoms. The number of carbonyl (C=O) groups is 1. The van der Waals surface area contributed by atoms with Crippen LogP contribution >= 0.6 is 0 Å². The summed E-state index contributed by atoms with van der Waals surface area (Å²) >= 11 is 0. The Morgan fingerprint density at radius 1 is 1.39 bits per heavy atom. The third kappa shape index (κ3) is 3.75. The van der Waals surface area contributed by atoms with Gasteiger partial charge >= 0.3 is 0 Å². The molecular formula is C17H29N3O3. The monoisotopic (exact) mass is 323 g/mol. The number of aliphatic hydroxyl groups excluding tert-OH is 1. The van der Waals surface area contributed by atoms with E-state index in [9.17, 15) is 9.90 Å². The molecule has 1 aliphatic rings. The van der Waals surface area contributed by atoms with Crippen LogP contribution in [0.1, 0.15) is 59.1 Å². The standard InChI is InChI=1S/C17H29N3O3/c1-16(2,11-21)13-10-14(23-19-13)18-15(22)17(3,4)20(5)12-8-6-7-9-12/h10,12,21H,6-9,11H2,1-5H3,(H,18,22). The van der Waals surface area contributed by atoms with Crippen molar-refractivity contribution in [2.75, 3.05) is 19.0 Å². The van der Waals surface area contributed by atoms with E-state index in [1.54, 1.807) is 6.07 Å². The largest absolute Gasteiger partial charge is 0.395 e. The first-order chi connectivity index (χ1) is 10.7. The summed E-state index contributed by atoms with van der Waals surface area (Å²) in [6, 6.07) is 2.13. The van der Waals surface area contributed by atoms with Gasteiger partial charge in [0.05, 0.1) is 17.8 Å². The van der Waals surface area contributed by atoms with E-state index >= 15 is 0 Å². The van der Waals surface area contributed by atoms with E-state index in [1.807, 2.05) is 34.7 Å². The van der Waals surface area contributed by atoms with Crippen LogP contribution in [0.25, 0.3) is 0 Å². The highest BCUT2D eigenvalue weighted by atomic mass is 16.5. The number of hydrogen-bond donors (Lipinski definition) is 2. The van der Waals surface area contributed by atoms with Crippen molar-refractivity contribution in [2.45, 2.75) is 70.4 Å². The van der Waals surface area contributed by atoms with Crippen molar-refractivity contribution in [3.63, 3.8) is 0 Å². The maximum absolute atomic E-state index is 12.7. The van der Waals surface area contributed by atoms with E-state index in [2.05, 4.69) is 15.4 Å². The van der Waals surface area contributed by atoms with Crippen LogP contribution in [0.15, 0.2) is 10.6 Å². The first kappa shape index (κ1) is 17.9. The molecular weight excluding hydrogens is 294 g/mol. The predicted molar refractivity (Wildman–Crippen MR) is 89.3 cm³/mol. The van der Waals surface area contributed by atoms with E-state index < -0.39 is 11.0 Å². The lowest BCUT2D eigenvalue weighted by atomic mass is 9.91. The van der Waals surface area contributed by atoms with Gasteiger partial charge in [0.25, 0.3) is 0 Å². The lowest BCUT2D eigenvalue weighted by Crippen LogP contribution is -2.54. The average molecular weight is 323 g/mol. The van der Waals surface area contributed by atoms with Gasteiger partial charge in [0.1, 0.15) is 0 Å². The number of carbonyl (C=O) groups excluding carboxylic acids is 1. The molecule has 2 rings (SSSR count). The van der Waals surface area contributed by atoms with Gasteiger partial charge in [0.2, 0.25) is 11.8 Å². The molecule has 0 saturated heterocycles. The van der Waals surface area contributed by atoms with Crippen molar-refractivity contribution >= 4 is 11.8 Å². The topological polar surface area (TPSA) is 78.6 Å². The highest BCUT2D eigenvalue weighted by Crippen LogP contribution is 2.29. The molecule has 1 aromatic heterocycles. The Hall–Kier alpha value is -1.40. The Balaban J connectivity index is 2.05. The second-order valence-electron chi connectivity index (χ2n) is 7.68. The zero-order valence-corrected chi connectivity index (χ0v) is 14.8. The van der Waals surface area contributed by atoms with E-state index in [1.165, 1.54) is 12.8 Å². The lowest BCUT2D eigenvalue weighted by molar-refractivity contribution is -0.126. The van der Waals surface area contributed by atoms with Crippen LogP contribution < -0.4 is 5.32 Å². The molecule has 130 valence electrons. The van der Waals surface area contributed by atoms with Gasteiger partial charge in [-0.1, -0.05) is 31.8 Å². The SMILES string of the molecule is CN(C1CCCC1)C(C)(C)C(=O)Nc1cc(C(C)(C)CO)no1. The first-order valence-corrected chi connectivity index (χ1v) is 8.31. The molecule has 1 aliphatic carbocycles. The number of aromatic nitrogens is 1. The molecule has 6 nitrogen and oxygen atoms in total. The Morgan fingerprint density at radius 2 is 2.00 bits per heavy atom. The number of nitrogens with zero attached hydrogens (tertiary/aromatic N) is 2. The van der Waals surface area contributed by atoms with Gasteiger partial charge in [0.15, 0.2) is 0 Å². The number of hydrogen-bond acceptors (Lipinski definition) is 5. The molecule has 1 amide bonds. The van der Waals surface area contributed by atoms with Gasteiger partial charge < -0.3 is 9.63 Å². The third-order valence-electron chi connectivity index (χ3n) is 5.15. The van der Waals surface area contributed by atoms with Crippen LogP contribution in [0, 0.1) is 0 Å². The van der Waals surface area contributed by atoms with Gasteiger partial charge in [-0.25, -0.2) is 0 Å². The second kappa shape index (κ2) is 6.61. The highest BCUT2D eigenvalue weighted by molar-refractivity contribution is 5.96. The molecule has 0 aromatic carbocycles. The zero-order valence-electron chi connectivity index (χ0n) is 14.8. The summed E-state index contributed by atoms with van der Waals surface area (Å²) in [7, 11) is 2.01. The Bertz CT molecular complexity index is 545. The number of amides is 1. The van der Waals surface area contributed by atoms with E-state index in [0.29, 0.717) is 17.6 Å². The zero-order chi connectivity index (χ0) is 17.3. The fourth-order valence-corrected chi connectivity index (χ4v) is 2.91. The van der Waals surface area contributed by atoms with Crippen molar-refractivity contribution < 1.29 is 14.4 Å². The van der Waals surface area contributed by atoms with Crippen LogP contribution in [0.5, 0.6) is 0 Å². The van der Waals surface area contributed by atoms with Crippen LogP contribution in [0.4, 0.5) is 5.88 Å². The summed E-state index contributed by atoms with van der Waals surface area (Å²) < 4.78 is 5.21. The molecule has 1 aromatic rings. The second-order valence-corrected chi connectivity index (χ2v) is 7.68. The normalized spacial score (nSPS) is 17.0. The van der Waals surface area contributed by atoms with Crippen molar-refractivity contribution in [2.24, 2.45) is 0 Å². The Kier molecular flexibility index (Phi) is 5.16. The summed E-state index contributed by atoms with van der Waals surface area (Å²) in [6.07, 6.45) is 4.75. The van der Waals surface area contributed by atoms with E-state index in [4.69, 9.17) is 4.52 Å². The summed E-state index contributed by atoms with van der Waals surface area (Å²) in [6.45, 7) is 7.55. The number of aliphatic hydroxyl groups is 1. The molecule has 0 bridgehead atoms. The summed E-state index contributed by atoms with van der Waals surface area (Å²) in [5, 5.41) is 16.2. The molecule has 1 heterocycles. The number of likely N-dealkylation sites (N-methyl/N-ethyl adjacent to an activating group) is 1. The van der Waals surface area contributed by atoms with E-state index in [-0.39, 0.29) is 12.5 Å². The lowest BCUT2D eigenvalue weighted by Gasteiger charge is -2.38. The first-order valence-electron chi connectivity index (χ1n) is 8.31. The quantitative estimate of drug-likeness (QED) is 0.841. The smallest absolute Gasteiger partial charge is 0.246 e. The van der Waals surface area contributed by atoms with Gasteiger partial charge in [-0.15, -0.1) is 0 Å². The van der Waals surface area contributed by atoms with Crippen molar-refractivity contribution in [1.82, 2.24) is 10.1 Å². The maximum atomic E-state index is 12.7. The number of anilines is 1. The number of nitrogens with one attached hydrogen (secondary N) is 1. The predicted octanol–water partition coefficient (Wildman–Crippen LogP) is 2.54. The Labute approximate surface area is 138 Å². The fourth-order valence-electron chi connectivity index (χ4n) is 2.91. The molecule has 6 heteroatoms. The molecule has 0 radical (unpaired) electrons. The van der Waals surface area contributed by atoms with Crippen molar-refractivity contribution in [3.8, 4) is 0 Å².